The van der Waals surface area contributed by atoms with Crippen LogP contribution in [0.3, 0.4) is 0 Å². The smallest absolute Gasteiger partial charge is 0.870 e. The molecule has 0 bridgehead atoms. The predicted octanol–water partition coefficient (Wildman–Crippen LogP) is 11.3. The number of amides is 2. The second kappa shape index (κ2) is 28.3. The van der Waals surface area contributed by atoms with E-state index >= 15 is 0 Å². The Balaban J connectivity index is 0.000000283. The molecule has 2 amide bonds. The molecule has 2 atom stereocenters. The minimum absolute atomic E-state index is 0. The molecular weight excluding hydrogens is 1170 g/mol. The number of aliphatic carboxylic acids is 1. The van der Waals surface area contributed by atoms with E-state index in [1.54, 1.807) is 26.0 Å². The van der Waals surface area contributed by atoms with Crippen molar-refractivity contribution in [2.75, 3.05) is 10.6 Å². The molecule has 0 aliphatic heterocycles. The number of carboxylic acid groups (broad SMARTS) is 1. The van der Waals surface area contributed by atoms with Crippen molar-refractivity contribution in [3.8, 4) is 43.1 Å². The van der Waals surface area contributed by atoms with Crippen molar-refractivity contribution in [3.05, 3.63) is 186 Å². The van der Waals surface area contributed by atoms with E-state index in [1.165, 1.54) is 23.1 Å². The fourth-order valence-corrected chi connectivity index (χ4v) is 12.3. The van der Waals surface area contributed by atoms with E-state index in [2.05, 4.69) is 25.7 Å². The monoisotopic (exact) mass is 1220 g/mol. The van der Waals surface area contributed by atoms with Crippen LogP contribution in [0.2, 0.25) is 20.1 Å². The molecule has 2 fully saturated rings. The van der Waals surface area contributed by atoms with E-state index in [0.717, 1.165) is 83.8 Å². The van der Waals surface area contributed by atoms with Crippen molar-refractivity contribution in [3.63, 3.8) is 0 Å². The summed E-state index contributed by atoms with van der Waals surface area (Å²) >= 11 is 28.6. The van der Waals surface area contributed by atoms with E-state index in [9.17, 15) is 24.3 Å². The molecule has 10 rings (SSSR count). The maximum Gasteiger partial charge on any atom is 1.00 e. The molecule has 81 heavy (non-hydrogen) atoms. The van der Waals surface area contributed by atoms with Crippen LogP contribution in [0.4, 0.5) is 21.0 Å². The second-order valence-corrected chi connectivity index (χ2v) is 22.5. The van der Waals surface area contributed by atoms with Gasteiger partial charge in [0.2, 0.25) is 0 Å². The third-order valence-electron chi connectivity index (χ3n) is 14.2. The minimum Gasteiger partial charge on any atom is -0.870 e. The van der Waals surface area contributed by atoms with Crippen molar-refractivity contribution in [2.24, 2.45) is 0 Å². The standard InChI is InChI=1S/C30H26Cl2N2O4S.C30H25Cl2N2O3S.2Na.2H2O/c1-16-14-23(25(32)15-22(16)19-8-10-20(11-9-19)30(12-13-30)28(35)36)27-26(17(2)34-39-27)33-29(37)38-18(3)21-6-4-5-7-24(21)31;1-17-14-24(26(32)15-23(17)20-8-10-21(11-9-20)30(16-35)12-13-30)28-27(18(2)34-38-28)33-29(36)37-19(3)22-6-4-5-7-25(22)31;;;;/h4-11,14-15,18H,12-13H2,1-3H3,(H,33,37)(H,35,36);4-11,14-15,19H,12-13H2,1-3H3,(H,33,36);;;2*1H2/q;-1;2*+1;;/p-2/t18-;19-;;;;/m11..../s1. The van der Waals surface area contributed by atoms with Crippen LogP contribution in [-0.2, 0) is 29.9 Å². The van der Waals surface area contributed by atoms with Gasteiger partial charge in [0.1, 0.15) is 12.2 Å². The van der Waals surface area contributed by atoms with Gasteiger partial charge in [-0.2, -0.15) is 8.75 Å². The van der Waals surface area contributed by atoms with Crippen LogP contribution < -0.4 is 69.7 Å². The Bertz CT molecular complexity index is 3590. The molecule has 2 aromatic heterocycles. The number of hydrogen-bond donors (Lipinski definition) is 3. The number of halogens is 4. The molecular formula is C60H53Cl4N4Na2O9S2-. The summed E-state index contributed by atoms with van der Waals surface area (Å²) in [5.41, 5.74) is 11.9. The van der Waals surface area contributed by atoms with Gasteiger partial charge in [0.15, 0.2) is 0 Å². The fraction of sp³-hybridized carbons (Fsp3) is 0.233. The van der Waals surface area contributed by atoms with Crippen molar-refractivity contribution in [2.45, 2.75) is 90.3 Å². The summed E-state index contributed by atoms with van der Waals surface area (Å²) in [5.74, 6) is -0.773. The summed E-state index contributed by atoms with van der Waals surface area (Å²) in [5, 5.41) is 17.4. The Morgan fingerprint density at radius 1 is 0.568 bits per heavy atom. The number of hydrogen-bond acceptors (Lipinski definition) is 12. The van der Waals surface area contributed by atoms with Crippen molar-refractivity contribution in [1.29, 1.82) is 0 Å². The quantitative estimate of drug-likeness (QED) is 0.0687. The number of carbonyl (C=O) groups excluding carboxylic acids is 3. The van der Waals surface area contributed by atoms with Gasteiger partial charge in [-0.25, -0.2) is 9.59 Å². The van der Waals surface area contributed by atoms with Gasteiger partial charge in [-0.1, -0.05) is 150 Å². The molecule has 0 spiro atoms. The Labute approximate surface area is 542 Å². The molecule has 6 aromatic carbocycles. The number of ether oxygens (including phenoxy) is 2. The van der Waals surface area contributed by atoms with Crippen LogP contribution in [0.25, 0.3) is 43.1 Å². The van der Waals surface area contributed by atoms with Crippen LogP contribution in [0.15, 0.2) is 121 Å². The Morgan fingerprint density at radius 2 is 0.951 bits per heavy atom. The maximum absolute atomic E-state index is 12.8. The van der Waals surface area contributed by atoms with E-state index < -0.39 is 41.2 Å². The molecule has 2 saturated carbocycles. The minimum atomic E-state index is -0.773. The van der Waals surface area contributed by atoms with Gasteiger partial charge in [0, 0.05) is 42.3 Å². The number of benzene rings is 6. The van der Waals surface area contributed by atoms with Gasteiger partial charge < -0.3 is 30.3 Å². The second-order valence-electron chi connectivity index (χ2n) is 19.4. The number of nitrogens with one attached hydrogen (secondary N) is 2. The van der Waals surface area contributed by atoms with Gasteiger partial charge in [-0.05, 0) is 153 Å². The molecule has 0 saturated heterocycles. The van der Waals surface area contributed by atoms with Crippen LogP contribution in [0.1, 0.15) is 96.5 Å². The Kier molecular flexibility index (Phi) is 23.4. The fourth-order valence-electron chi connectivity index (χ4n) is 9.32. The van der Waals surface area contributed by atoms with Crippen molar-refractivity contribution >= 4 is 105 Å². The van der Waals surface area contributed by atoms with Crippen molar-refractivity contribution in [1.82, 2.24) is 8.75 Å². The molecule has 0 radical (unpaired) electrons. The zero-order valence-corrected chi connectivity index (χ0v) is 54.2. The molecule has 0 unspecified atom stereocenters. The molecule has 2 heterocycles. The number of anilines is 2. The average Bonchev–Trinajstić information content (AvgIpc) is 4.34. The first-order valence-corrected chi connectivity index (χ1v) is 27.7. The number of carbonyl (C=O) groups is 3. The van der Waals surface area contributed by atoms with Crippen LogP contribution in [0.5, 0.6) is 0 Å². The average molecular weight is 1230 g/mol. The molecule has 13 nitrogen and oxygen atoms in total. The van der Waals surface area contributed by atoms with Gasteiger partial charge in [0.05, 0.1) is 37.9 Å². The number of carboxylic acids is 1. The molecule has 2 aliphatic rings. The van der Waals surface area contributed by atoms with Crippen LogP contribution in [-0.4, -0.2) is 49.2 Å². The number of aryl methyl sites for hydroxylation is 4. The van der Waals surface area contributed by atoms with Crippen LogP contribution in [0, 0.1) is 27.7 Å². The molecule has 2 aliphatic carbocycles. The van der Waals surface area contributed by atoms with Gasteiger partial charge >= 0.3 is 77.3 Å². The molecule has 5 N–H and O–H groups in total. The third kappa shape index (κ3) is 14.6. The number of nitrogens with zero attached hydrogens (tertiary/aromatic N) is 2. The van der Waals surface area contributed by atoms with Gasteiger partial charge in [0.25, 0.3) is 0 Å². The SMILES string of the molecule is Cc1cc(-c2snc(C)c2NC(=O)O[C@H](C)c2ccccc2Cl)c(Cl)cc1-c1ccc(C2(C(=O)O)CC2)cc1.Cc1cc(-c2snc(C)c2NC(=O)O[C@H](C)c2ccccc2Cl)c(Cl)cc1-c1ccc(C2([C-]=O)CC2)cc1.[Na+].[Na+].[OH-].[OH-]. The molecule has 21 heteroatoms. The zero-order valence-electron chi connectivity index (χ0n) is 45.5. The maximum atomic E-state index is 12.8. The normalized spacial score (nSPS) is 13.8. The first kappa shape index (κ1) is 67.1. The van der Waals surface area contributed by atoms with Gasteiger partial charge in [-0.15, -0.1) is 5.41 Å². The summed E-state index contributed by atoms with van der Waals surface area (Å²) in [6, 6.07) is 38.0. The van der Waals surface area contributed by atoms with Gasteiger partial charge in [-0.3, -0.25) is 21.7 Å². The molecule has 410 valence electrons. The first-order chi connectivity index (χ1) is 36.8. The Morgan fingerprint density at radius 3 is 1.30 bits per heavy atom. The summed E-state index contributed by atoms with van der Waals surface area (Å²) in [6.45, 7) is 11.2. The third-order valence-corrected chi connectivity index (χ3v) is 17.4. The topological polar surface area (TPSA) is 217 Å². The predicted molar refractivity (Wildman–Crippen MR) is 314 cm³/mol. The van der Waals surface area contributed by atoms with E-state index in [1.807, 2.05) is 137 Å². The summed E-state index contributed by atoms with van der Waals surface area (Å²) < 4.78 is 20.1. The summed E-state index contributed by atoms with van der Waals surface area (Å²) in [7, 11) is 0. The number of aromatic nitrogens is 2. The molecule has 8 aromatic rings. The number of rotatable bonds is 14. The largest absolute Gasteiger partial charge is 1.00 e. The van der Waals surface area contributed by atoms with Crippen LogP contribution >= 0.6 is 69.5 Å². The van der Waals surface area contributed by atoms with E-state index in [4.69, 9.17) is 55.9 Å². The zero-order chi connectivity index (χ0) is 54.9. The summed E-state index contributed by atoms with van der Waals surface area (Å²) in [6.07, 6.45) is 2.93. The summed E-state index contributed by atoms with van der Waals surface area (Å²) in [4.78, 5) is 50.1. The van der Waals surface area contributed by atoms with E-state index in [-0.39, 0.29) is 70.1 Å². The van der Waals surface area contributed by atoms with E-state index in [0.29, 0.717) is 61.3 Å². The van der Waals surface area contributed by atoms with Crippen molar-refractivity contribution < 1.29 is 104 Å². The first-order valence-electron chi connectivity index (χ1n) is 24.6. The Hall–Kier alpha value is -4.66.